The first-order chi connectivity index (χ1) is 24.4. The Bertz CT molecular complexity index is 2260. The van der Waals surface area contributed by atoms with Gasteiger partial charge >= 0.3 is 0 Å². The molecule has 1 fully saturated rings. The van der Waals surface area contributed by atoms with Crippen LogP contribution in [0, 0.1) is 11.6 Å². The van der Waals surface area contributed by atoms with E-state index in [0.29, 0.717) is 84.3 Å². The fraction of sp³-hybridized carbons (Fsp3) is 0.189. The Labute approximate surface area is 285 Å². The number of amides is 1. The number of fused-ring (bicyclic) bond motifs is 1. The van der Waals surface area contributed by atoms with Crippen molar-refractivity contribution >= 4 is 28.3 Å². The normalized spacial score (nSPS) is 13.4. The molecule has 50 heavy (non-hydrogen) atoms. The molecule has 252 valence electrons. The molecule has 0 unspecified atom stereocenters. The predicted octanol–water partition coefficient (Wildman–Crippen LogP) is 5.35. The first-order valence-electron chi connectivity index (χ1n) is 16.0. The number of pyridine rings is 1. The van der Waals surface area contributed by atoms with E-state index in [-0.39, 0.29) is 22.6 Å². The summed E-state index contributed by atoms with van der Waals surface area (Å²) in [6.07, 6.45) is 3.37. The van der Waals surface area contributed by atoms with E-state index < -0.39 is 11.6 Å². The second kappa shape index (κ2) is 14.2. The van der Waals surface area contributed by atoms with E-state index in [9.17, 15) is 18.4 Å². The maximum absolute atomic E-state index is 15.0. The molecular weight excluding hydrogens is 642 g/mol. The Morgan fingerprint density at radius 2 is 1.66 bits per heavy atom. The predicted molar refractivity (Wildman–Crippen MR) is 184 cm³/mol. The number of aromatic amines is 1. The van der Waals surface area contributed by atoms with Crippen LogP contribution in [0.3, 0.4) is 0 Å². The molecule has 1 aliphatic heterocycles. The number of carbonyl (C=O) groups is 1. The van der Waals surface area contributed by atoms with Crippen LogP contribution in [0.25, 0.3) is 22.0 Å². The van der Waals surface area contributed by atoms with E-state index in [4.69, 9.17) is 4.74 Å². The summed E-state index contributed by atoms with van der Waals surface area (Å²) in [5.41, 5.74) is 2.69. The molecule has 6 aromatic rings. The van der Waals surface area contributed by atoms with Crippen molar-refractivity contribution < 1.29 is 18.3 Å². The lowest BCUT2D eigenvalue weighted by molar-refractivity contribution is 0.0624. The summed E-state index contributed by atoms with van der Waals surface area (Å²) in [7, 11) is 1.48. The van der Waals surface area contributed by atoms with E-state index >= 15 is 0 Å². The average molecular weight is 675 g/mol. The Kier molecular flexibility index (Phi) is 9.21. The number of hydrogen-bond acceptors (Lipinski definition) is 9. The third-order valence-corrected chi connectivity index (χ3v) is 8.67. The van der Waals surface area contributed by atoms with Crippen molar-refractivity contribution in [3.63, 3.8) is 0 Å². The number of carbonyl (C=O) groups excluding carboxylic acids is 1. The monoisotopic (exact) mass is 674 g/mol. The molecule has 0 spiro atoms. The van der Waals surface area contributed by atoms with E-state index in [2.05, 4.69) is 35.4 Å². The summed E-state index contributed by atoms with van der Waals surface area (Å²) in [6.45, 7) is 2.70. The zero-order valence-corrected chi connectivity index (χ0v) is 27.1. The lowest BCUT2D eigenvalue weighted by Crippen LogP contribution is -2.48. The lowest BCUT2D eigenvalue weighted by Gasteiger charge is -2.35. The van der Waals surface area contributed by atoms with Gasteiger partial charge in [0.15, 0.2) is 0 Å². The zero-order valence-electron chi connectivity index (χ0n) is 27.1. The molecule has 7 rings (SSSR count). The third-order valence-electron chi connectivity index (χ3n) is 8.67. The second-order valence-electron chi connectivity index (χ2n) is 11.9. The minimum Gasteiger partial charge on any atom is -0.496 e. The molecular formula is C37H32F2N8O3. The minimum atomic E-state index is -0.582. The van der Waals surface area contributed by atoms with Gasteiger partial charge in [-0.1, -0.05) is 30.3 Å². The van der Waals surface area contributed by atoms with Crippen LogP contribution in [0.2, 0.25) is 0 Å². The van der Waals surface area contributed by atoms with E-state index in [1.807, 2.05) is 24.3 Å². The Morgan fingerprint density at radius 1 is 0.860 bits per heavy atom. The van der Waals surface area contributed by atoms with Gasteiger partial charge in [0, 0.05) is 56.8 Å². The molecule has 3 aromatic carbocycles. The SMILES string of the molecule is COc1cccc(F)c1-c1cc(Nc2cc(CN3CCN(C(=O)c4cc(Cc5n[nH]c(=O)c6ccccc56)ccc4F)CC3)ccn2)ncn1. The number of nitrogens with one attached hydrogen (secondary N) is 2. The van der Waals surface area contributed by atoms with Crippen LogP contribution in [0.1, 0.15) is 27.2 Å². The fourth-order valence-electron chi connectivity index (χ4n) is 6.14. The van der Waals surface area contributed by atoms with Crippen LogP contribution in [0.4, 0.5) is 20.4 Å². The van der Waals surface area contributed by atoms with Gasteiger partial charge in [-0.05, 0) is 53.6 Å². The number of nitrogens with zero attached hydrogens (tertiary/aromatic N) is 6. The van der Waals surface area contributed by atoms with Crippen LogP contribution in [0.15, 0.2) is 96.2 Å². The molecule has 0 aliphatic carbocycles. The molecule has 0 saturated carbocycles. The van der Waals surface area contributed by atoms with Crippen molar-refractivity contribution in [3.8, 4) is 17.0 Å². The van der Waals surface area contributed by atoms with Crippen LogP contribution in [0.5, 0.6) is 5.75 Å². The highest BCUT2D eigenvalue weighted by molar-refractivity contribution is 5.95. The highest BCUT2D eigenvalue weighted by Crippen LogP contribution is 2.32. The van der Waals surface area contributed by atoms with Crippen molar-refractivity contribution in [3.05, 3.63) is 136 Å². The molecule has 11 nitrogen and oxygen atoms in total. The number of methoxy groups -OCH3 is 1. The average Bonchev–Trinajstić information content (AvgIpc) is 3.14. The van der Waals surface area contributed by atoms with Gasteiger partial charge in [-0.2, -0.15) is 5.10 Å². The Balaban J connectivity index is 0.982. The van der Waals surface area contributed by atoms with Gasteiger partial charge in [0.2, 0.25) is 0 Å². The summed E-state index contributed by atoms with van der Waals surface area (Å²) in [4.78, 5) is 42.5. The van der Waals surface area contributed by atoms with Gasteiger partial charge in [0.05, 0.1) is 35.0 Å². The third kappa shape index (κ3) is 6.89. The second-order valence-corrected chi connectivity index (χ2v) is 11.9. The molecule has 4 heterocycles. The van der Waals surface area contributed by atoms with Gasteiger partial charge < -0.3 is 15.0 Å². The maximum Gasteiger partial charge on any atom is 0.272 e. The van der Waals surface area contributed by atoms with Crippen LogP contribution in [-0.4, -0.2) is 74.1 Å². The van der Waals surface area contributed by atoms with E-state index in [0.717, 1.165) is 5.56 Å². The first kappa shape index (κ1) is 32.5. The van der Waals surface area contributed by atoms with Gasteiger partial charge in [0.25, 0.3) is 11.5 Å². The molecule has 1 saturated heterocycles. The molecule has 0 radical (unpaired) electrons. The van der Waals surface area contributed by atoms with Crippen LogP contribution >= 0.6 is 0 Å². The highest BCUT2D eigenvalue weighted by Gasteiger charge is 2.25. The Hall–Kier alpha value is -6.08. The molecule has 13 heteroatoms. The first-order valence-corrected chi connectivity index (χ1v) is 16.0. The maximum atomic E-state index is 15.0. The van der Waals surface area contributed by atoms with Gasteiger partial charge in [-0.3, -0.25) is 14.5 Å². The van der Waals surface area contributed by atoms with Gasteiger partial charge in [0.1, 0.15) is 35.3 Å². The number of H-pyrrole nitrogens is 1. The lowest BCUT2D eigenvalue weighted by atomic mass is 10.0. The summed E-state index contributed by atoms with van der Waals surface area (Å²) < 4.78 is 34.9. The topological polar surface area (TPSA) is 129 Å². The number of benzene rings is 3. The summed E-state index contributed by atoms with van der Waals surface area (Å²) in [6, 6.07) is 21.7. The van der Waals surface area contributed by atoms with Crippen LogP contribution in [-0.2, 0) is 13.0 Å². The fourth-order valence-corrected chi connectivity index (χ4v) is 6.14. The van der Waals surface area contributed by atoms with Gasteiger partial charge in [-0.25, -0.2) is 28.8 Å². The van der Waals surface area contributed by atoms with Crippen molar-refractivity contribution in [2.24, 2.45) is 0 Å². The van der Waals surface area contributed by atoms with E-state index in [1.165, 1.54) is 25.6 Å². The summed E-state index contributed by atoms with van der Waals surface area (Å²) in [5, 5.41) is 11.2. The van der Waals surface area contributed by atoms with Crippen molar-refractivity contribution in [2.75, 3.05) is 38.6 Å². The Morgan fingerprint density at radius 3 is 2.48 bits per heavy atom. The quantitative estimate of drug-likeness (QED) is 0.208. The molecule has 0 bridgehead atoms. The van der Waals surface area contributed by atoms with Crippen molar-refractivity contribution in [2.45, 2.75) is 13.0 Å². The van der Waals surface area contributed by atoms with E-state index in [1.54, 1.807) is 53.6 Å². The number of anilines is 2. The van der Waals surface area contributed by atoms with Crippen molar-refractivity contribution in [1.82, 2.24) is 34.9 Å². The smallest absolute Gasteiger partial charge is 0.272 e. The largest absolute Gasteiger partial charge is 0.496 e. The molecule has 2 N–H and O–H groups in total. The molecule has 1 aliphatic rings. The number of rotatable bonds is 9. The number of halogens is 2. The van der Waals surface area contributed by atoms with Crippen molar-refractivity contribution in [1.29, 1.82) is 0 Å². The summed E-state index contributed by atoms with van der Waals surface area (Å²) in [5.74, 6) is -0.0385. The molecule has 3 aromatic heterocycles. The number of ether oxygens (including phenoxy) is 1. The molecule has 1 amide bonds. The number of hydrogen-bond donors (Lipinski definition) is 2. The number of aromatic nitrogens is 5. The minimum absolute atomic E-state index is 0.0101. The van der Waals surface area contributed by atoms with Gasteiger partial charge in [-0.15, -0.1) is 0 Å². The zero-order chi connectivity index (χ0) is 34.6. The van der Waals surface area contributed by atoms with Crippen LogP contribution < -0.4 is 15.6 Å². The molecule has 0 atom stereocenters. The standard InChI is InChI=1S/C37H32F2N8O3/c1-50-32-8-4-7-29(39)35(32)31-20-34(42-22-41-31)43-33-19-24(11-12-40-33)21-46-13-15-47(16-14-46)37(49)27-17-23(9-10-28(27)38)18-30-25-5-2-3-6-26(25)36(48)45-44-30/h2-12,17,19-20,22H,13-16,18,21H2,1H3,(H,45,48)(H,40,41,42,43). The summed E-state index contributed by atoms with van der Waals surface area (Å²) >= 11 is 0. The highest BCUT2D eigenvalue weighted by atomic mass is 19.1. The number of piperazine rings is 1.